The maximum Gasteiger partial charge on any atom is 0.359 e. The number of ether oxygens (including phenoxy) is 1. The van der Waals surface area contributed by atoms with Gasteiger partial charge in [-0.15, -0.1) is 0 Å². The number of carbonyl (C=O) groups excluding carboxylic acids is 1. The summed E-state index contributed by atoms with van der Waals surface area (Å²) in [6, 6.07) is 0. The van der Waals surface area contributed by atoms with Crippen LogP contribution in [0.1, 0.15) is 28.7 Å². The molecule has 0 aromatic carbocycles. The highest BCUT2D eigenvalue weighted by molar-refractivity contribution is 5.89. The summed E-state index contributed by atoms with van der Waals surface area (Å²) in [4.78, 5) is 11.3. The van der Waals surface area contributed by atoms with Gasteiger partial charge in [-0.1, -0.05) is 0 Å². The van der Waals surface area contributed by atoms with E-state index in [-0.39, 0.29) is 5.97 Å². The predicted octanol–water partition coefficient (Wildman–Crippen LogP) is 1.21. The van der Waals surface area contributed by atoms with Crippen molar-refractivity contribution in [3.63, 3.8) is 0 Å². The minimum atomic E-state index is -0.344. The van der Waals surface area contributed by atoms with Gasteiger partial charge in [0.15, 0.2) is 5.69 Å². The van der Waals surface area contributed by atoms with E-state index in [0.717, 1.165) is 11.3 Å². The van der Waals surface area contributed by atoms with Crippen molar-refractivity contribution in [2.75, 3.05) is 6.61 Å². The number of carbonyl (C=O) groups is 1. The summed E-state index contributed by atoms with van der Waals surface area (Å²) in [7, 11) is 1.81. The number of nitrogens with zero attached hydrogens (tertiary/aromatic N) is 2. The van der Waals surface area contributed by atoms with Gasteiger partial charge in [-0.05, 0) is 20.8 Å². The smallest absolute Gasteiger partial charge is 0.359 e. The monoisotopic (exact) mass is 182 g/mol. The van der Waals surface area contributed by atoms with Crippen LogP contribution in [0.15, 0.2) is 0 Å². The summed E-state index contributed by atoms with van der Waals surface area (Å²) >= 11 is 0. The highest BCUT2D eigenvalue weighted by Gasteiger charge is 2.16. The summed E-state index contributed by atoms with van der Waals surface area (Å²) in [6.07, 6.45) is 0. The quantitative estimate of drug-likeness (QED) is 0.646. The molecule has 0 fully saturated rings. The fraction of sp³-hybridized carbons (Fsp3) is 0.556. The number of aromatic nitrogens is 2. The average molecular weight is 182 g/mol. The third-order valence-electron chi connectivity index (χ3n) is 2.10. The van der Waals surface area contributed by atoms with Gasteiger partial charge in [0, 0.05) is 18.3 Å². The Morgan fingerprint density at radius 2 is 2.15 bits per heavy atom. The molecule has 0 radical (unpaired) electrons. The maximum absolute atomic E-state index is 11.3. The lowest BCUT2D eigenvalue weighted by Gasteiger charge is -1.97. The van der Waals surface area contributed by atoms with Gasteiger partial charge < -0.3 is 4.74 Å². The Morgan fingerprint density at radius 1 is 1.54 bits per heavy atom. The lowest BCUT2D eigenvalue weighted by Crippen LogP contribution is -2.07. The van der Waals surface area contributed by atoms with Crippen molar-refractivity contribution < 1.29 is 9.53 Å². The molecule has 1 aromatic rings. The van der Waals surface area contributed by atoms with Gasteiger partial charge in [-0.3, -0.25) is 4.68 Å². The lowest BCUT2D eigenvalue weighted by atomic mass is 10.2. The van der Waals surface area contributed by atoms with Crippen molar-refractivity contribution in [2.45, 2.75) is 20.8 Å². The molecule has 0 unspecified atom stereocenters. The Kier molecular flexibility index (Phi) is 2.70. The third kappa shape index (κ3) is 1.71. The molecule has 0 N–H and O–H groups in total. The van der Waals surface area contributed by atoms with Gasteiger partial charge in [0.2, 0.25) is 0 Å². The molecule has 13 heavy (non-hydrogen) atoms. The molecule has 0 aliphatic heterocycles. The molecular formula is C9H14N2O2. The van der Waals surface area contributed by atoms with Crippen LogP contribution in [0.3, 0.4) is 0 Å². The van der Waals surface area contributed by atoms with Crippen LogP contribution in [0, 0.1) is 13.8 Å². The van der Waals surface area contributed by atoms with Crippen molar-refractivity contribution in [2.24, 2.45) is 7.05 Å². The summed E-state index contributed by atoms with van der Waals surface area (Å²) in [5.41, 5.74) is 2.30. The van der Waals surface area contributed by atoms with E-state index in [2.05, 4.69) is 5.10 Å². The average Bonchev–Trinajstić information content (AvgIpc) is 2.33. The Bertz CT molecular complexity index is 329. The van der Waals surface area contributed by atoms with Crippen molar-refractivity contribution in [3.8, 4) is 0 Å². The van der Waals surface area contributed by atoms with Crippen molar-refractivity contribution in [1.29, 1.82) is 0 Å². The Labute approximate surface area is 77.5 Å². The predicted molar refractivity (Wildman–Crippen MR) is 48.6 cm³/mol. The molecule has 1 rings (SSSR count). The van der Waals surface area contributed by atoms with Gasteiger partial charge in [-0.25, -0.2) is 4.79 Å². The molecule has 0 saturated heterocycles. The number of hydrogen-bond donors (Lipinski definition) is 0. The molecule has 0 aliphatic carbocycles. The van der Waals surface area contributed by atoms with Crippen LogP contribution in [0.25, 0.3) is 0 Å². The second kappa shape index (κ2) is 3.60. The number of rotatable bonds is 2. The molecule has 0 aliphatic rings. The van der Waals surface area contributed by atoms with Gasteiger partial charge in [0.25, 0.3) is 0 Å². The van der Waals surface area contributed by atoms with E-state index in [1.807, 2.05) is 20.9 Å². The zero-order valence-corrected chi connectivity index (χ0v) is 8.42. The first kappa shape index (κ1) is 9.77. The van der Waals surface area contributed by atoms with Crippen LogP contribution in [0.2, 0.25) is 0 Å². The fourth-order valence-corrected chi connectivity index (χ4v) is 1.11. The zero-order chi connectivity index (χ0) is 10.0. The van der Waals surface area contributed by atoms with Crippen molar-refractivity contribution in [1.82, 2.24) is 9.78 Å². The van der Waals surface area contributed by atoms with Crippen LogP contribution in [-0.2, 0) is 11.8 Å². The molecule has 0 bridgehead atoms. The SMILES string of the molecule is CCOC(=O)c1nn(C)c(C)c1C. The van der Waals surface area contributed by atoms with Crippen molar-refractivity contribution in [3.05, 3.63) is 17.0 Å². The summed E-state index contributed by atoms with van der Waals surface area (Å²) in [5.74, 6) is -0.344. The van der Waals surface area contributed by atoms with E-state index in [9.17, 15) is 4.79 Å². The van der Waals surface area contributed by atoms with E-state index < -0.39 is 0 Å². The van der Waals surface area contributed by atoms with E-state index in [1.165, 1.54) is 0 Å². The summed E-state index contributed by atoms with van der Waals surface area (Å²) in [5, 5.41) is 4.07. The lowest BCUT2D eigenvalue weighted by molar-refractivity contribution is 0.0518. The summed E-state index contributed by atoms with van der Waals surface area (Å²) < 4.78 is 6.54. The normalized spacial score (nSPS) is 10.2. The molecule has 0 spiro atoms. The van der Waals surface area contributed by atoms with Crippen LogP contribution in [0.4, 0.5) is 0 Å². The minimum Gasteiger partial charge on any atom is -0.461 e. The molecule has 4 nitrogen and oxygen atoms in total. The molecule has 4 heteroatoms. The molecule has 1 heterocycles. The topological polar surface area (TPSA) is 44.1 Å². The zero-order valence-electron chi connectivity index (χ0n) is 8.42. The van der Waals surface area contributed by atoms with E-state index >= 15 is 0 Å². The highest BCUT2D eigenvalue weighted by atomic mass is 16.5. The van der Waals surface area contributed by atoms with Crippen LogP contribution in [-0.4, -0.2) is 22.4 Å². The van der Waals surface area contributed by atoms with E-state index in [4.69, 9.17) is 4.74 Å². The fourth-order valence-electron chi connectivity index (χ4n) is 1.11. The van der Waals surface area contributed by atoms with Gasteiger partial charge in [0.1, 0.15) is 0 Å². The third-order valence-corrected chi connectivity index (χ3v) is 2.10. The number of esters is 1. The number of aryl methyl sites for hydroxylation is 1. The van der Waals surface area contributed by atoms with Crippen LogP contribution < -0.4 is 0 Å². The van der Waals surface area contributed by atoms with Gasteiger partial charge >= 0.3 is 5.97 Å². The van der Waals surface area contributed by atoms with Gasteiger partial charge in [-0.2, -0.15) is 5.10 Å². The van der Waals surface area contributed by atoms with Crippen LogP contribution in [0.5, 0.6) is 0 Å². The second-order valence-electron chi connectivity index (χ2n) is 2.90. The molecule has 0 atom stereocenters. The minimum absolute atomic E-state index is 0.344. The van der Waals surface area contributed by atoms with E-state index in [1.54, 1.807) is 11.6 Å². The molecule has 72 valence electrons. The maximum atomic E-state index is 11.3. The Balaban J connectivity index is 3.01. The molecule has 1 aromatic heterocycles. The molecular weight excluding hydrogens is 168 g/mol. The largest absolute Gasteiger partial charge is 0.461 e. The first-order valence-electron chi connectivity index (χ1n) is 4.25. The molecule has 0 saturated carbocycles. The number of hydrogen-bond acceptors (Lipinski definition) is 3. The first-order valence-corrected chi connectivity index (χ1v) is 4.25. The summed E-state index contributed by atoms with van der Waals surface area (Å²) in [6.45, 7) is 5.95. The van der Waals surface area contributed by atoms with Crippen molar-refractivity contribution >= 4 is 5.97 Å². The second-order valence-corrected chi connectivity index (χ2v) is 2.90. The van der Waals surface area contributed by atoms with E-state index in [0.29, 0.717) is 12.3 Å². The van der Waals surface area contributed by atoms with Crippen LogP contribution >= 0.6 is 0 Å². The molecule has 0 amide bonds. The standard InChI is InChI=1S/C9H14N2O2/c1-5-13-9(12)8-6(2)7(3)11(4)10-8/h5H2,1-4H3. The van der Waals surface area contributed by atoms with Gasteiger partial charge in [0.05, 0.1) is 6.61 Å². The Morgan fingerprint density at radius 3 is 2.54 bits per heavy atom. The highest BCUT2D eigenvalue weighted by Crippen LogP contribution is 2.11. The Hall–Kier alpha value is -1.32. The first-order chi connectivity index (χ1) is 6.07.